The van der Waals surface area contributed by atoms with Crippen LogP contribution in [0, 0.1) is 5.41 Å². The number of anilines is 1. The highest BCUT2D eigenvalue weighted by Crippen LogP contribution is 2.38. The van der Waals surface area contributed by atoms with E-state index in [4.69, 9.17) is 9.26 Å². The quantitative estimate of drug-likeness (QED) is 0.938. The molecule has 122 valence electrons. The first-order valence-corrected chi connectivity index (χ1v) is 8.22. The normalized spacial score (nSPS) is 24.3. The SMILES string of the molecule is COc1ccc(-c2noc(N3CCC4(CCCNC4)C3)n2)cc1. The topological polar surface area (TPSA) is 63.4 Å². The number of methoxy groups -OCH3 is 1. The molecule has 0 amide bonds. The number of ether oxygens (including phenoxy) is 1. The smallest absolute Gasteiger partial charge is 0.324 e. The molecular formula is C17H22N4O2. The average molecular weight is 314 g/mol. The van der Waals surface area contributed by atoms with Gasteiger partial charge >= 0.3 is 6.01 Å². The Balaban J connectivity index is 1.49. The number of nitrogens with zero attached hydrogens (tertiary/aromatic N) is 3. The molecule has 23 heavy (non-hydrogen) atoms. The summed E-state index contributed by atoms with van der Waals surface area (Å²) in [5.74, 6) is 1.45. The number of piperidine rings is 1. The first-order valence-electron chi connectivity index (χ1n) is 8.22. The van der Waals surface area contributed by atoms with Gasteiger partial charge in [0.05, 0.1) is 7.11 Å². The van der Waals surface area contributed by atoms with Gasteiger partial charge in [0.25, 0.3) is 0 Å². The number of nitrogens with one attached hydrogen (secondary N) is 1. The van der Waals surface area contributed by atoms with E-state index in [1.165, 1.54) is 19.3 Å². The Morgan fingerprint density at radius 2 is 2.13 bits per heavy atom. The van der Waals surface area contributed by atoms with E-state index in [0.29, 0.717) is 17.3 Å². The molecule has 6 heteroatoms. The van der Waals surface area contributed by atoms with E-state index in [0.717, 1.165) is 37.5 Å². The maximum Gasteiger partial charge on any atom is 0.324 e. The molecule has 6 nitrogen and oxygen atoms in total. The highest BCUT2D eigenvalue weighted by molar-refractivity contribution is 5.57. The minimum Gasteiger partial charge on any atom is -0.497 e. The van der Waals surface area contributed by atoms with Crippen LogP contribution in [0.25, 0.3) is 11.4 Å². The molecule has 0 bridgehead atoms. The van der Waals surface area contributed by atoms with Crippen LogP contribution in [0.3, 0.4) is 0 Å². The van der Waals surface area contributed by atoms with Crippen LogP contribution < -0.4 is 15.0 Å². The fourth-order valence-electron chi connectivity index (χ4n) is 3.68. The van der Waals surface area contributed by atoms with Crippen LogP contribution in [-0.4, -0.2) is 43.4 Å². The summed E-state index contributed by atoms with van der Waals surface area (Å²) in [6.45, 7) is 4.24. The standard InChI is InChI=1S/C17H22N4O2/c1-22-14-5-3-13(4-6-14)15-19-16(23-20-15)21-10-8-17(12-21)7-2-9-18-11-17/h3-6,18H,2,7-12H2,1H3. The van der Waals surface area contributed by atoms with Gasteiger partial charge in [-0.15, -0.1) is 0 Å². The largest absolute Gasteiger partial charge is 0.497 e. The molecule has 1 N–H and O–H groups in total. The maximum absolute atomic E-state index is 5.51. The second-order valence-electron chi connectivity index (χ2n) is 6.58. The molecule has 1 atom stereocenters. The van der Waals surface area contributed by atoms with Crippen molar-refractivity contribution in [1.82, 2.24) is 15.5 Å². The molecule has 3 heterocycles. The van der Waals surface area contributed by atoms with Gasteiger partial charge in [0.2, 0.25) is 5.82 Å². The average Bonchev–Trinajstić information content (AvgIpc) is 3.23. The lowest BCUT2D eigenvalue weighted by atomic mass is 9.80. The second kappa shape index (κ2) is 5.85. The van der Waals surface area contributed by atoms with Gasteiger partial charge in [-0.2, -0.15) is 4.98 Å². The van der Waals surface area contributed by atoms with Gasteiger partial charge < -0.3 is 19.5 Å². The lowest BCUT2D eigenvalue weighted by Gasteiger charge is -2.33. The summed E-state index contributed by atoms with van der Waals surface area (Å²) >= 11 is 0. The molecular weight excluding hydrogens is 292 g/mol. The van der Waals surface area contributed by atoms with Crippen molar-refractivity contribution in [1.29, 1.82) is 0 Å². The van der Waals surface area contributed by atoms with E-state index in [2.05, 4.69) is 20.4 Å². The maximum atomic E-state index is 5.51. The Labute approximate surface area is 135 Å². The molecule has 1 aromatic carbocycles. The van der Waals surface area contributed by atoms with Crippen molar-refractivity contribution in [3.05, 3.63) is 24.3 Å². The van der Waals surface area contributed by atoms with Crippen LogP contribution >= 0.6 is 0 Å². The Bertz CT molecular complexity index is 661. The van der Waals surface area contributed by atoms with Crippen LogP contribution in [0.4, 0.5) is 6.01 Å². The van der Waals surface area contributed by atoms with E-state index < -0.39 is 0 Å². The van der Waals surface area contributed by atoms with Gasteiger partial charge in [0, 0.05) is 30.6 Å². The Hall–Kier alpha value is -2.08. The molecule has 1 unspecified atom stereocenters. The molecule has 2 aliphatic heterocycles. The van der Waals surface area contributed by atoms with Crippen molar-refractivity contribution in [2.24, 2.45) is 5.41 Å². The zero-order valence-corrected chi connectivity index (χ0v) is 13.4. The number of aromatic nitrogens is 2. The van der Waals surface area contributed by atoms with Gasteiger partial charge in [-0.05, 0) is 50.1 Å². The third kappa shape index (κ3) is 2.79. The molecule has 2 fully saturated rings. The molecule has 2 aliphatic rings. The fourth-order valence-corrected chi connectivity index (χ4v) is 3.68. The number of hydrogen-bond donors (Lipinski definition) is 1. The molecule has 0 saturated carbocycles. The zero-order valence-electron chi connectivity index (χ0n) is 13.4. The van der Waals surface area contributed by atoms with Crippen molar-refractivity contribution in [3.8, 4) is 17.1 Å². The minimum atomic E-state index is 0.382. The predicted octanol–water partition coefficient (Wildman–Crippen LogP) is 2.33. The highest BCUT2D eigenvalue weighted by Gasteiger charge is 2.40. The summed E-state index contributed by atoms with van der Waals surface area (Å²) in [5.41, 5.74) is 1.32. The molecule has 2 aromatic rings. The molecule has 2 saturated heterocycles. The second-order valence-corrected chi connectivity index (χ2v) is 6.58. The summed E-state index contributed by atoms with van der Waals surface area (Å²) in [5, 5.41) is 7.66. The van der Waals surface area contributed by atoms with E-state index in [1.807, 2.05) is 24.3 Å². The first kappa shape index (κ1) is 14.5. The Kier molecular flexibility index (Phi) is 3.69. The minimum absolute atomic E-state index is 0.382. The van der Waals surface area contributed by atoms with Crippen molar-refractivity contribution < 1.29 is 9.26 Å². The van der Waals surface area contributed by atoms with Crippen molar-refractivity contribution in [2.75, 3.05) is 38.2 Å². The predicted molar refractivity (Wildman–Crippen MR) is 87.7 cm³/mol. The van der Waals surface area contributed by atoms with Crippen molar-refractivity contribution in [3.63, 3.8) is 0 Å². The van der Waals surface area contributed by atoms with Crippen LogP contribution in [0.2, 0.25) is 0 Å². The number of benzene rings is 1. The van der Waals surface area contributed by atoms with Crippen LogP contribution in [0.5, 0.6) is 5.75 Å². The van der Waals surface area contributed by atoms with Crippen molar-refractivity contribution in [2.45, 2.75) is 19.3 Å². The first-order chi connectivity index (χ1) is 11.3. The van der Waals surface area contributed by atoms with Gasteiger partial charge in [-0.25, -0.2) is 0 Å². The van der Waals surface area contributed by atoms with E-state index in [1.54, 1.807) is 7.11 Å². The zero-order chi connectivity index (χ0) is 15.7. The van der Waals surface area contributed by atoms with Gasteiger partial charge in [-0.1, -0.05) is 5.16 Å². The van der Waals surface area contributed by atoms with E-state index in [9.17, 15) is 0 Å². The summed E-state index contributed by atoms with van der Waals surface area (Å²) in [4.78, 5) is 6.81. The van der Waals surface area contributed by atoms with Gasteiger partial charge in [-0.3, -0.25) is 0 Å². The summed E-state index contributed by atoms with van der Waals surface area (Å²) in [7, 11) is 1.66. The third-order valence-electron chi connectivity index (χ3n) is 5.03. The fraction of sp³-hybridized carbons (Fsp3) is 0.529. The number of rotatable bonds is 3. The third-order valence-corrected chi connectivity index (χ3v) is 5.03. The summed E-state index contributed by atoms with van der Waals surface area (Å²) in [6, 6.07) is 8.35. The Morgan fingerprint density at radius 3 is 2.87 bits per heavy atom. The van der Waals surface area contributed by atoms with E-state index in [-0.39, 0.29) is 0 Å². The van der Waals surface area contributed by atoms with Crippen LogP contribution in [0.15, 0.2) is 28.8 Å². The molecule has 0 radical (unpaired) electrons. The highest BCUT2D eigenvalue weighted by atomic mass is 16.5. The summed E-state index contributed by atoms with van der Waals surface area (Å²) in [6.07, 6.45) is 3.74. The lowest BCUT2D eigenvalue weighted by Crippen LogP contribution is -2.41. The van der Waals surface area contributed by atoms with Gasteiger partial charge in [0.1, 0.15) is 5.75 Å². The Morgan fingerprint density at radius 1 is 1.26 bits per heavy atom. The monoisotopic (exact) mass is 314 g/mol. The molecule has 1 spiro atoms. The molecule has 0 aliphatic carbocycles. The summed E-state index contributed by atoms with van der Waals surface area (Å²) < 4.78 is 10.7. The van der Waals surface area contributed by atoms with Crippen molar-refractivity contribution >= 4 is 6.01 Å². The lowest BCUT2D eigenvalue weighted by molar-refractivity contribution is 0.238. The van der Waals surface area contributed by atoms with Crippen LogP contribution in [0.1, 0.15) is 19.3 Å². The van der Waals surface area contributed by atoms with Gasteiger partial charge in [0.15, 0.2) is 0 Å². The van der Waals surface area contributed by atoms with Crippen LogP contribution in [-0.2, 0) is 0 Å². The molecule has 4 rings (SSSR count). The number of hydrogen-bond acceptors (Lipinski definition) is 6. The van der Waals surface area contributed by atoms with E-state index >= 15 is 0 Å². The molecule has 1 aromatic heterocycles.